The summed E-state index contributed by atoms with van der Waals surface area (Å²) in [6, 6.07) is 5.24. The van der Waals surface area contributed by atoms with Crippen LogP contribution in [0.15, 0.2) is 36.7 Å². The first-order valence-electron chi connectivity index (χ1n) is 8.01. The molecule has 0 saturated carbocycles. The Hall–Kier alpha value is -1.86. The van der Waals surface area contributed by atoms with Crippen LogP contribution in [0.1, 0.15) is 29.8 Å². The molecule has 1 aliphatic rings. The number of nitrogens with zero attached hydrogens (tertiary/aromatic N) is 2. The molecule has 4 nitrogen and oxygen atoms in total. The van der Waals surface area contributed by atoms with Gasteiger partial charge in [0.2, 0.25) is 0 Å². The zero-order valence-electron chi connectivity index (χ0n) is 13.2. The van der Waals surface area contributed by atoms with Gasteiger partial charge in [-0.2, -0.15) is 13.2 Å². The van der Waals surface area contributed by atoms with Gasteiger partial charge in [-0.1, -0.05) is 12.1 Å². The second-order valence-electron chi connectivity index (χ2n) is 5.93. The highest BCUT2D eigenvalue weighted by Gasteiger charge is 2.29. The van der Waals surface area contributed by atoms with Gasteiger partial charge in [0.25, 0.3) is 0 Å². The zero-order chi connectivity index (χ0) is 17.0. The fraction of sp³-hybridized carbons (Fsp3) is 0.471. The van der Waals surface area contributed by atoms with Crippen LogP contribution >= 0.6 is 0 Å². The molecule has 0 bridgehead atoms. The number of hydrogen-bond donors (Lipinski definition) is 1. The third kappa shape index (κ3) is 4.36. The first kappa shape index (κ1) is 17.0. The predicted molar refractivity (Wildman–Crippen MR) is 83.5 cm³/mol. The molecule has 0 spiro atoms. The summed E-state index contributed by atoms with van der Waals surface area (Å²) in [5, 5.41) is 3.33. The lowest BCUT2D eigenvalue weighted by molar-refractivity contribution is -0.137. The normalized spacial score (nSPS) is 18.2. The van der Waals surface area contributed by atoms with Gasteiger partial charge < -0.3 is 14.6 Å². The predicted octanol–water partition coefficient (Wildman–Crippen LogP) is 3.22. The van der Waals surface area contributed by atoms with Crippen LogP contribution in [-0.2, 0) is 24.0 Å². The van der Waals surface area contributed by atoms with Crippen molar-refractivity contribution in [2.24, 2.45) is 0 Å². The fourth-order valence-electron chi connectivity index (χ4n) is 2.80. The summed E-state index contributed by atoms with van der Waals surface area (Å²) < 4.78 is 45.3. The van der Waals surface area contributed by atoms with E-state index < -0.39 is 11.7 Å². The maximum Gasteiger partial charge on any atom is 0.416 e. The van der Waals surface area contributed by atoms with E-state index in [0.29, 0.717) is 13.1 Å². The Balaban J connectivity index is 1.56. The average Bonchev–Trinajstić information content (AvgIpc) is 3.20. The van der Waals surface area contributed by atoms with Crippen molar-refractivity contribution in [3.63, 3.8) is 0 Å². The molecule has 1 fully saturated rings. The van der Waals surface area contributed by atoms with Gasteiger partial charge in [0.05, 0.1) is 18.2 Å². The van der Waals surface area contributed by atoms with Gasteiger partial charge >= 0.3 is 6.18 Å². The second-order valence-corrected chi connectivity index (χ2v) is 5.93. The minimum atomic E-state index is -4.30. The van der Waals surface area contributed by atoms with E-state index in [9.17, 15) is 13.2 Å². The molecule has 1 saturated heterocycles. The monoisotopic (exact) mass is 339 g/mol. The van der Waals surface area contributed by atoms with Crippen LogP contribution < -0.4 is 5.32 Å². The van der Waals surface area contributed by atoms with Gasteiger partial charge in [0, 0.05) is 32.1 Å². The van der Waals surface area contributed by atoms with Gasteiger partial charge in [0.1, 0.15) is 5.82 Å². The van der Waals surface area contributed by atoms with Crippen molar-refractivity contribution < 1.29 is 17.9 Å². The number of aromatic nitrogens is 2. The van der Waals surface area contributed by atoms with Crippen LogP contribution in [0, 0.1) is 0 Å². The summed E-state index contributed by atoms with van der Waals surface area (Å²) in [5.74, 6) is 0.855. The van der Waals surface area contributed by atoms with Crippen LogP contribution in [0.4, 0.5) is 13.2 Å². The Labute approximate surface area is 138 Å². The van der Waals surface area contributed by atoms with E-state index in [2.05, 4.69) is 10.3 Å². The second kappa shape index (κ2) is 7.36. The van der Waals surface area contributed by atoms with Crippen LogP contribution in [0.2, 0.25) is 0 Å². The van der Waals surface area contributed by atoms with E-state index in [1.807, 2.05) is 10.8 Å². The number of ether oxygens (including phenoxy) is 1. The lowest BCUT2D eigenvalue weighted by Gasteiger charge is -2.12. The average molecular weight is 339 g/mol. The molecule has 0 radical (unpaired) electrons. The molecule has 1 unspecified atom stereocenters. The number of nitrogens with one attached hydrogen (secondary N) is 1. The van der Waals surface area contributed by atoms with E-state index in [-0.39, 0.29) is 6.10 Å². The van der Waals surface area contributed by atoms with Crippen molar-refractivity contribution in [3.8, 4) is 0 Å². The Morgan fingerprint density at radius 2 is 2.04 bits per heavy atom. The number of halogens is 3. The summed E-state index contributed by atoms with van der Waals surface area (Å²) in [4.78, 5) is 4.31. The number of alkyl halides is 3. The lowest BCUT2D eigenvalue weighted by atomic mass is 10.1. The molecule has 1 N–H and O–H groups in total. The Morgan fingerprint density at radius 1 is 1.25 bits per heavy atom. The molecule has 0 aliphatic carbocycles. The van der Waals surface area contributed by atoms with Gasteiger partial charge in [-0.15, -0.1) is 0 Å². The number of hydrogen-bond acceptors (Lipinski definition) is 3. The van der Waals surface area contributed by atoms with Crippen molar-refractivity contribution in [2.45, 2.75) is 38.2 Å². The molecule has 3 rings (SSSR count). The van der Waals surface area contributed by atoms with Crippen LogP contribution in [0.3, 0.4) is 0 Å². The van der Waals surface area contributed by atoms with Gasteiger partial charge in [-0.25, -0.2) is 4.98 Å². The molecule has 1 aliphatic heterocycles. The van der Waals surface area contributed by atoms with Crippen molar-refractivity contribution in [3.05, 3.63) is 53.6 Å². The number of imidazole rings is 1. The van der Waals surface area contributed by atoms with Gasteiger partial charge in [0.15, 0.2) is 0 Å². The van der Waals surface area contributed by atoms with E-state index >= 15 is 0 Å². The smallest absolute Gasteiger partial charge is 0.377 e. The maximum absolute atomic E-state index is 12.6. The van der Waals surface area contributed by atoms with E-state index in [0.717, 1.165) is 49.5 Å². The molecule has 1 aromatic heterocycles. The SMILES string of the molecule is FC(F)(F)c1ccc(Cn2ccnc2CNCC2CCCO2)cc1. The van der Waals surface area contributed by atoms with Crippen molar-refractivity contribution in [2.75, 3.05) is 13.2 Å². The summed E-state index contributed by atoms with van der Waals surface area (Å²) in [6.07, 6.45) is 1.68. The minimum Gasteiger partial charge on any atom is -0.377 e. The molecule has 7 heteroatoms. The zero-order valence-corrected chi connectivity index (χ0v) is 13.2. The molecule has 0 amide bonds. The molecular formula is C17H20F3N3O. The third-order valence-corrected chi connectivity index (χ3v) is 4.11. The summed E-state index contributed by atoms with van der Waals surface area (Å²) in [6.45, 7) is 2.71. The van der Waals surface area contributed by atoms with E-state index in [1.54, 1.807) is 6.20 Å². The van der Waals surface area contributed by atoms with E-state index in [4.69, 9.17) is 4.74 Å². The van der Waals surface area contributed by atoms with Crippen LogP contribution in [-0.4, -0.2) is 28.8 Å². The third-order valence-electron chi connectivity index (χ3n) is 4.11. The molecular weight excluding hydrogens is 319 g/mol. The van der Waals surface area contributed by atoms with Crippen molar-refractivity contribution in [1.29, 1.82) is 0 Å². The number of benzene rings is 1. The van der Waals surface area contributed by atoms with Gasteiger partial charge in [-0.05, 0) is 30.5 Å². The quantitative estimate of drug-likeness (QED) is 0.878. The van der Waals surface area contributed by atoms with Crippen LogP contribution in [0.5, 0.6) is 0 Å². The standard InChI is InChI=1S/C17H20F3N3O/c18-17(19,20)14-5-3-13(4-6-14)12-23-8-7-22-16(23)11-21-10-15-2-1-9-24-15/h3-8,15,21H,1-2,9-12H2. The highest BCUT2D eigenvalue weighted by molar-refractivity contribution is 5.25. The molecule has 2 aromatic rings. The summed E-state index contributed by atoms with van der Waals surface area (Å²) in [7, 11) is 0. The van der Waals surface area contributed by atoms with Gasteiger partial charge in [-0.3, -0.25) is 0 Å². The summed E-state index contributed by atoms with van der Waals surface area (Å²) in [5.41, 5.74) is 0.178. The Morgan fingerprint density at radius 3 is 2.71 bits per heavy atom. The molecule has 1 atom stereocenters. The van der Waals surface area contributed by atoms with E-state index in [1.165, 1.54) is 12.1 Å². The maximum atomic E-state index is 12.6. The van der Waals surface area contributed by atoms with Crippen LogP contribution in [0.25, 0.3) is 0 Å². The molecule has 2 heterocycles. The molecule has 24 heavy (non-hydrogen) atoms. The molecule has 1 aromatic carbocycles. The largest absolute Gasteiger partial charge is 0.416 e. The molecule has 130 valence electrons. The lowest BCUT2D eigenvalue weighted by Crippen LogP contribution is -2.27. The highest BCUT2D eigenvalue weighted by Crippen LogP contribution is 2.29. The minimum absolute atomic E-state index is 0.267. The number of rotatable bonds is 6. The fourth-order valence-corrected chi connectivity index (χ4v) is 2.80. The van der Waals surface area contributed by atoms with Crippen molar-refractivity contribution >= 4 is 0 Å². The Kier molecular flexibility index (Phi) is 5.20. The summed E-state index contributed by atoms with van der Waals surface area (Å²) >= 11 is 0. The first-order chi connectivity index (χ1) is 11.5. The van der Waals surface area contributed by atoms with Crippen molar-refractivity contribution in [1.82, 2.24) is 14.9 Å². The topological polar surface area (TPSA) is 39.1 Å². The first-order valence-corrected chi connectivity index (χ1v) is 8.01. The Bertz CT molecular complexity index is 646. The highest BCUT2D eigenvalue weighted by atomic mass is 19.4.